The monoisotopic (exact) mass is 297 g/mol. The lowest BCUT2D eigenvalue weighted by molar-refractivity contribution is 0.354. The molecule has 0 aliphatic heterocycles. The zero-order valence-electron chi connectivity index (χ0n) is 11.1. The molecule has 0 fully saturated rings. The lowest BCUT2D eigenvalue weighted by Crippen LogP contribution is -2.23. The van der Waals surface area contributed by atoms with Crippen LogP contribution in [0.2, 0.25) is 0 Å². The third-order valence-electron chi connectivity index (χ3n) is 2.69. The standard InChI is InChI=1S/C12H15N3O4S/c1-18-11-4-3-10(5-12(11)19-2)20(16,17)15-8-9-6-13-14-7-9/h3-7,15H,8H2,1-2H3,(H,13,14). The predicted octanol–water partition coefficient (Wildman–Crippen LogP) is 0.905. The van der Waals surface area contributed by atoms with Crippen LogP contribution in [0.4, 0.5) is 0 Å². The summed E-state index contributed by atoms with van der Waals surface area (Å²) >= 11 is 0. The Morgan fingerprint density at radius 3 is 2.60 bits per heavy atom. The first-order valence-corrected chi connectivity index (χ1v) is 7.24. The second-order valence-electron chi connectivity index (χ2n) is 3.95. The van der Waals surface area contributed by atoms with Gasteiger partial charge in [-0.05, 0) is 12.1 Å². The van der Waals surface area contributed by atoms with Crippen molar-refractivity contribution in [3.8, 4) is 11.5 Å². The number of nitrogens with zero attached hydrogens (tertiary/aromatic N) is 1. The summed E-state index contributed by atoms with van der Waals surface area (Å²) in [5.41, 5.74) is 0.744. The Bertz CT molecular complexity index is 668. The van der Waals surface area contributed by atoms with Gasteiger partial charge in [0.2, 0.25) is 10.0 Å². The highest BCUT2D eigenvalue weighted by Crippen LogP contribution is 2.29. The van der Waals surface area contributed by atoms with Gasteiger partial charge in [-0.15, -0.1) is 0 Å². The molecule has 0 spiro atoms. The van der Waals surface area contributed by atoms with E-state index in [-0.39, 0.29) is 11.4 Å². The predicted molar refractivity (Wildman–Crippen MR) is 72.2 cm³/mol. The first-order valence-electron chi connectivity index (χ1n) is 5.76. The lowest BCUT2D eigenvalue weighted by Gasteiger charge is -2.10. The molecule has 0 aliphatic carbocycles. The van der Waals surface area contributed by atoms with Crippen LogP contribution in [-0.2, 0) is 16.6 Å². The molecule has 0 saturated carbocycles. The highest BCUT2D eigenvalue weighted by molar-refractivity contribution is 7.89. The molecule has 0 unspecified atom stereocenters. The second-order valence-corrected chi connectivity index (χ2v) is 5.71. The zero-order chi connectivity index (χ0) is 14.6. The van der Waals surface area contributed by atoms with Gasteiger partial charge >= 0.3 is 0 Å². The van der Waals surface area contributed by atoms with Gasteiger partial charge in [-0.2, -0.15) is 5.10 Å². The summed E-state index contributed by atoms with van der Waals surface area (Å²) in [7, 11) is -0.680. The van der Waals surface area contributed by atoms with Gasteiger partial charge in [0.25, 0.3) is 0 Å². The summed E-state index contributed by atoms with van der Waals surface area (Å²) in [4.78, 5) is 0.110. The minimum absolute atomic E-state index is 0.110. The van der Waals surface area contributed by atoms with Crippen molar-refractivity contribution in [1.29, 1.82) is 0 Å². The van der Waals surface area contributed by atoms with Crippen LogP contribution < -0.4 is 14.2 Å². The highest BCUT2D eigenvalue weighted by atomic mass is 32.2. The number of rotatable bonds is 6. The highest BCUT2D eigenvalue weighted by Gasteiger charge is 2.16. The number of benzene rings is 1. The van der Waals surface area contributed by atoms with Crippen LogP contribution in [-0.4, -0.2) is 32.8 Å². The van der Waals surface area contributed by atoms with Crippen LogP contribution in [0.15, 0.2) is 35.5 Å². The Hall–Kier alpha value is -2.06. The fourth-order valence-electron chi connectivity index (χ4n) is 1.62. The SMILES string of the molecule is COc1ccc(S(=O)(=O)NCc2cn[nH]c2)cc1OC. The number of aromatic nitrogens is 2. The van der Waals surface area contributed by atoms with Crippen LogP contribution >= 0.6 is 0 Å². The van der Waals surface area contributed by atoms with E-state index >= 15 is 0 Å². The zero-order valence-corrected chi connectivity index (χ0v) is 11.9. The number of H-pyrrole nitrogens is 1. The number of ether oxygens (including phenoxy) is 2. The summed E-state index contributed by atoms with van der Waals surface area (Å²) < 4.78 is 37.0. The van der Waals surface area contributed by atoms with Crippen molar-refractivity contribution in [2.45, 2.75) is 11.4 Å². The molecule has 0 atom stereocenters. The molecule has 0 amide bonds. The molecule has 1 aromatic heterocycles. The molecule has 1 aromatic carbocycles. The van der Waals surface area contributed by atoms with Gasteiger partial charge < -0.3 is 9.47 Å². The van der Waals surface area contributed by atoms with Crippen molar-refractivity contribution >= 4 is 10.0 Å². The number of hydrogen-bond acceptors (Lipinski definition) is 5. The first kappa shape index (κ1) is 14.4. The van der Waals surface area contributed by atoms with Crippen LogP contribution in [0, 0.1) is 0 Å². The summed E-state index contributed by atoms with van der Waals surface area (Å²) in [6.45, 7) is 0.160. The molecule has 0 aliphatic rings. The van der Waals surface area contributed by atoms with Gasteiger partial charge in [0, 0.05) is 24.4 Å². The molecule has 0 bridgehead atoms. The van der Waals surface area contributed by atoms with Gasteiger partial charge in [0.1, 0.15) is 0 Å². The van der Waals surface area contributed by atoms with Crippen molar-refractivity contribution < 1.29 is 17.9 Å². The van der Waals surface area contributed by atoms with Crippen molar-refractivity contribution in [2.75, 3.05) is 14.2 Å². The van der Waals surface area contributed by atoms with Crippen molar-refractivity contribution in [3.05, 3.63) is 36.2 Å². The molecule has 0 radical (unpaired) electrons. The molecule has 2 N–H and O–H groups in total. The Labute approximate surface area is 117 Å². The van der Waals surface area contributed by atoms with Gasteiger partial charge in [0.05, 0.1) is 25.3 Å². The van der Waals surface area contributed by atoms with E-state index < -0.39 is 10.0 Å². The Morgan fingerprint density at radius 1 is 1.25 bits per heavy atom. The number of sulfonamides is 1. The lowest BCUT2D eigenvalue weighted by atomic mass is 10.3. The summed E-state index contributed by atoms with van der Waals surface area (Å²) in [5, 5.41) is 6.37. The van der Waals surface area contributed by atoms with Gasteiger partial charge in [-0.1, -0.05) is 0 Å². The van der Waals surface area contributed by atoms with Crippen LogP contribution in [0.5, 0.6) is 11.5 Å². The van der Waals surface area contributed by atoms with Crippen molar-refractivity contribution in [1.82, 2.24) is 14.9 Å². The molecule has 20 heavy (non-hydrogen) atoms. The Morgan fingerprint density at radius 2 is 2.00 bits per heavy atom. The normalized spacial score (nSPS) is 11.3. The second kappa shape index (κ2) is 5.93. The van der Waals surface area contributed by atoms with E-state index in [1.54, 1.807) is 18.5 Å². The summed E-state index contributed by atoms with van der Waals surface area (Å²) in [5.74, 6) is 0.833. The minimum Gasteiger partial charge on any atom is -0.493 e. The molecule has 2 rings (SSSR count). The summed E-state index contributed by atoms with van der Waals surface area (Å²) in [6, 6.07) is 4.42. The van der Waals surface area contributed by atoms with Gasteiger partial charge in [-0.25, -0.2) is 13.1 Å². The van der Waals surface area contributed by atoms with E-state index in [1.807, 2.05) is 0 Å². The van der Waals surface area contributed by atoms with E-state index in [9.17, 15) is 8.42 Å². The maximum Gasteiger partial charge on any atom is 0.241 e. The number of nitrogens with one attached hydrogen (secondary N) is 2. The topological polar surface area (TPSA) is 93.3 Å². The third kappa shape index (κ3) is 3.09. The molecule has 2 aromatic rings. The van der Waals surface area contributed by atoms with Crippen molar-refractivity contribution in [3.63, 3.8) is 0 Å². The van der Waals surface area contributed by atoms with E-state index in [0.29, 0.717) is 11.5 Å². The molecule has 7 nitrogen and oxygen atoms in total. The molecular formula is C12H15N3O4S. The Kier molecular flexibility index (Phi) is 4.26. The minimum atomic E-state index is -3.62. The van der Waals surface area contributed by atoms with E-state index in [0.717, 1.165) is 5.56 Å². The van der Waals surface area contributed by atoms with Crippen LogP contribution in [0.1, 0.15) is 5.56 Å². The average Bonchev–Trinajstić information content (AvgIpc) is 2.97. The maximum absolute atomic E-state index is 12.2. The molecule has 0 saturated heterocycles. The fourth-order valence-corrected chi connectivity index (χ4v) is 2.65. The van der Waals surface area contributed by atoms with E-state index in [1.165, 1.54) is 26.4 Å². The largest absolute Gasteiger partial charge is 0.493 e. The molecular weight excluding hydrogens is 282 g/mol. The van der Waals surface area contributed by atoms with Crippen LogP contribution in [0.25, 0.3) is 0 Å². The molecule has 108 valence electrons. The molecule has 8 heteroatoms. The van der Waals surface area contributed by atoms with Crippen molar-refractivity contribution in [2.24, 2.45) is 0 Å². The quantitative estimate of drug-likeness (QED) is 0.826. The third-order valence-corrected chi connectivity index (χ3v) is 4.09. The van der Waals surface area contributed by atoms with Crippen LogP contribution in [0.3, 0.4) is 0 Å². The molecule has 1 heterocycles. The number of aromatic amines is 1. The number of hydrogen-bond donors (Lipinski definition) is 2. The van der Waals surface area contributed by atoms with Gasteiger partial charge in [-0.3, -0.25) is 5.10 Å². The summed E-state index contributed by atoms with van der Waals surface area (Å²) in [6.07, 6.45) is 3.17. The van der Waals surface area contributed by atoms with E-state index in [2.05, 4.69) is 14.9 Å². The maximum atomic E-state index is 12.2. The Balaban J connectivity index is 2.20. The van der Waals surface area contributed by atoms with Gasteiger partial charge in [0.15, 0.2) is 11.5 Å². The fraction of sp³-hybridized carbons (Fsp3) is 0.250. The first-order chi connectivity index (χ1) is 9.56. The average molecular weight is 297 g/mol. The van der Waals surface area contributed by atoms with E-state index in [4.69, 9.17) is 9.47 Å². The smallest absolute Gasteiger partial charge is 0.241 e. The number of methoxy groups -OCH3 is 2.